The van der Waals surface area contributed by atoms with E-state index in [-0.39, 0.29) is 0 Å². The zero-order valence-corrected chi connectivity index (χ0v) is 7.29. The average Bonchev–Trinajstić information content (AvgIpc) is 1.89. The Morgan fingerprint density at radius 3 is 2.90 bits per heavy atom. The molecule has 0 saturated heterocycles. The van der Waals surface area contributed by atoms with Gasteiger partial charge in [0.25, 0.3) is 0 Å². The van der Waals surface area contributed by atoms with Crippen molar-refractivity contribution in [3.63, 3.8) is 0 Å². The Labute approximate surface area is 67.8 Å². The van der Waals surface area contributed by atoms with Crippen molar-refractivity contribution in [2.24, 2.45) is 5.73 Å². The minimum absolute atomic E-state index is 0.665. The van der Waals surface area contributed by atoms with E-state index in [4.69, 9.17) is 12.2 Å². The third-order valence-corrected chi connectivity index (χ3v) is 2.47. The molecule has 0 aliphatic rings. The monoisotopic (exact) mass is 157 g/mol. The van der Waals surface area contributed by atoms with Crippen molar-refractivity contribution in [1.82, 2.24) is 0 Å². The average molecular weight is 157 g/mol. The van der Waals surface area contributed by atoms with Crippen LogP contribution < -0.4 is 5.73 Å². The molecule has 1 nitrogen and oxygen atoms in total. The molecule has 0 heterocycles. The van der Waals surface area contributed by atoms with Crippen LogP contribution >= 0.6 is 11.8 Å². The van der Waals surface area contributed by atoms with E-state index in [1.807, 2.05) is 11.8 Å². The molecule has 2 heteroatoms. The van der Waals surface area contributed by atoms with Crippen molar-refractivity contribution < 1.29 is 0 Å². The van der Waals surface area contributed by atoms with Gasteiger partial charge >= 0.3 is 0 Å². The lowest BCUT2D eigenvalue weighted by Crippen LogP contribution is -2.07. The second-order valence-corrected chi connectivity index (χ2v) is 3.76. The van der Waals surface area contributed by atoms with Gasteiger partial charge in [0.15, 0.2) is 0 Å². The summed E-state index contributed by atoms with van der Waals surface area (Å²) in [5, 5.41) is 0.665. The molecule has 58 valence electrons. The minimum atomic E-state index is 0.665. The van der Waals surface area contributed by atoms with Gasteiger partial charge in [0.2, 0.25) is 0 Å². The van der Waals surface area contributed by atoms with Crippen molar-refractivity contribution in [3.8, 4) is 12.3 Å². The van der Waals surface area contributed by atoms with E-state index in [1.165, 1.54) is 0 Å². The van der Waals surface area contributed by atoms with Gasteiger partial charge in [-0.3, -0.25) is 0 Å². The van der Waals surface area contributed by atoms with Gasteiger partial charge in [-0.15, -0.1) is 12.3 Å². The van der Waals surface area contributed by atoms with Gasteiger partial charge < -0.3 is 5.73 Å². The molecule has 10 heavy (non-hydrogen) atoms. The molecule has 2 N–H and O–H groups in total. The van der Waals surface area contributed by atoms with Gasteiger partial charge in [-0.25, -0.2) is 0 Å². The maximum atomic E-state index is 5.38. The Morgan fingerprint density at radius 1 is 1.70 bits per heavy atom. The molecule has 0 rings (SSSR count). The van der Waals surface area contributed by atoms with Crippen LogP contribution in [0, 0.1) is 12.3 Å². The molecule has 1 atom stereocenters. The molecule has 0 spiro atoms. The zero-order valence-electron chi connectivity index (χ0n) is 6.47. The standard InChI is InChI=1S/C8H15NS/c1-3-4-7-10-8(2)5-6-9/h1,8H,4-7,9H2,2H3. The highest BCUT2D eigenvalue weighted by molar-refractivity contribution is 7.99. The number of rotatable bonds is 5. The van der Waals surface area contributed by atoms with Crippen molar-refractivity contribution in [2.75, 3.05) is 12.3 Å². The highest BCUT2D eigenvalue weighted by atomic mass is 32.2. The number of nitrogens with two attached hydrogens (primary N) is 1. The van der Waals surface area contributed by atoms with Gasteiger partial charge in [0.05, 0.1) is 0 Å². The lowest BCUT2D eigenvalue weighted by atomic mass is 10.3. The van der Waals surface area contributed by atoms with E-state index in [0.29, 0.717) is 5.25 Å². The van der Waals surface area contributed by atoms with Gasteiger partial charge in [-0.1, -0.05) is 6.92 Å². The van der Waals surface area contributed by atoms with Crippen LogP contribution in [0.4, 0.5) is 0 Å². The summed E-state index contributed by atoms with van der Waals surface area (Å²) in [4.78, 5) is 0. The van der Waals surface area contributed by atoms with Gasteiger partial charge in [-0.05, 0) is 13.0 Å². The summed E-state index contributed by atoms with van der Waals surface area (Å²) in [6, 6.07) is 0. The number of hydrogen-bond donors (Lipinski definition) is 1. The maximum Gasteiger partial charge on any atom is 0.0177 e. The molecule has 0 fully saturated rings. The molecule has 0 aromatic carbocycles. The quantitative estimate of drug-likeness (QED) is 0.483. The summed E-state index contributed by atoms with van der Waals surface area (Å²) < 4.78 is 0. The first-order chi connectivity index (χ1) is 4.81. The molecular weight excluding hydrogens is 142 g/mol. The Balaban J connectivity index is 3.06. The van der Waals surface area contributed by atoms with Gasteiger partial charge in [0, 0.05) is 17.4 Å². The fraction of sp³-hybridized carbons (Fsp3) is 0.750. The SMILES string of the molecule is C#CCCSC(C)CCN. The summed E-state index contributed by atoms with van der Waals surface area (Å²) in [7, 11) is 0. The Bertz CT molecular complexity index is 106. The summed E-state index contributed by atoms with van der Waals surface area (Å²) in [5.41, 5.74) is 5.38. The van der Waals surface area contributed by atoms with Crippen molar-refractivity contribution in [1.29, 1.82) is 0 Å². The normalized spacial score (nSPS) is 12.5. The summed E-state index contributed by atoms with van der Waals surface area (Å²) >= 11 is 1.90. The summed E-state index contributed by atoms with van der Waals surface area (Å²) in [6.45, 7) is 2.97. The molecule has 1 unspecified atom stereocenters. The fourth-order valence-corrected chi connectivity index (χ4v) is 1.58. The van der Waals surface area contributed by atoms with E-state index in [1.54, 1.807) is 0 Å². The van der Waals surface area contributed by atoms with Crippen LogP contribution in [0.5, 0.6) is 0 Å². The molecule has 0 saturated carbocycles. The molecule has 0 amide bonds. The summed E-state index contributed by atoms with van der Waals surface area (Å²) in [6.07, 6.45) is 7.07. The Kier molecular flexibility index (Phi) is 6.89. The van der Waals surface area contributed by atoms with Crippen molar-refractivity contribution >= 4 is 11.8 Å². The highest BCUT2D eigenvalue weighted by Crippen LogP contribution is 2.13. The summed E-state index contributed by atoms with van der Waals surface area (Å²) in [5.74, 6) is 3.68. The van der Waals surface area contributed by atoms with E-state index in [2.05, 4.69) is 12.8 Å². The lowest BCUT2D eigenvalue weighted by molar-refractivity contribution is 0.823. The molecule has 0 aliphatic heterocycles. The van der Waals surface area contributed by atoms with Gasteiger partial charge in [-0.2, -0.15) is 11.8 Å². The molecule has 0 radical (unpaired) electrons. The number of thioether (sulfide) groups is 1. The Morgan fingerprint density at radius 2 is 2.40 bits per heavy atom. The molecule has 0 aromatic rings. The second-order valence-electron chi connectivity index (χ2n) is 2.21. The molecule has 0 aromatic heterocycles. The smallest absolute Gasteiger partial charge is 0.0177 e. The van der Waals surface area contributed by atoms with Crippen molar-refractivity contribution in [3.05, 3.63) is 0 Å². The van der Waals surface area contributed by atoms with Crippen LogP contribution in [0.2, 0.25) is 0 Å². The topological polar surface area (TPSA) is 26.0 Å². The molecule has 0 aliphatic carbocycles. The van der Waals surface area contributed by atoms with Crippen LogP contribution in [0.1, 0.15) is 19.8 Å². The number of terminal acetylenes is 1. The van der Waals surface area contributed by atoms with Gasteiger partial charge in [0.1, 0.15) is 0 Å². The first kappa shape index (κ1) is 9.87. The van der Waals surface area contributed by atoms with E-state index in [0.717, 1.165) is 25.1 Å². The third-order valence-electron chi connectivity index (χ3n) is 1.22. The molecule has 0 bridgehead atoms. The van der Waals surface area contributed by atoms with Crippen LogP contribution in [0.25, 0.3) is 0 Å². The van der Waals surface area contributed by atoms with E-state index in [9.17, 15) is 0 Å². The van der Waals surface area contributed by atoms with E-state index >= 15 is 0 Å². The van der Waals surface area contributed by atoms with Crippen LogP contribution in [-0.2, 0) is 0 Å². The third kappa shape index (κ3) is 6.00. The Hall–Kier alpha value is -0.130. The maximum absolute atomic E-state index is 5.38. The van der Waals surface area contributed by atoms with Crippen molar-refractivity contribution in [2.45, 2.75) is 25.0 Å². The second kappa shape index (κ2) is 6.98. The lowest BCUT2D eigenvalue weighted by Gasteiger charge is -2.06. The highest BCUT2D eigenvalue weighted by Gasteiger charge is 1.98. The zero-order chi connectivity index (χ0) is 7.82. The predicted octanol–water partition coefficient (Wildman–Crippen LogP) is 1.48. The van der Waals surface area contributed by atoms with Crippen LogP contribution in [-0.4, -0.2) is 17.5 Å². The fourth-order valence-electron chi connectivity index (χ4n) is 0.637. The first-order valence-corrected chi connectivity index (χ1v) is 4.61. The number of hydrogen-bond acceptors (Lipinski definition) is 2. The predicted molar refractivity (Wildman–Crippen MR) is 49.0 cm³/mol. The minimum Gasteiger partial charge on any atom is -0.330 e. The van der Waals surface area contributed by atoms with Crippen LogP contribution in [0.3, 0.4) is 0 Å². The van der Waals surface area contributed by atoms with Crippen LogP contribution in [0.15, 0.2) is 0 Å². The molecular formula is C8H15NS. The first-order valence-electron chi connectivity index (χ1n) is 3.56. The van der Waals surface area contributed by atoms with E-state index < -0.39 is 0 Å². The largest absolute Gasteiger partial charge is 0.330 e.